The summed E-state index contributed by atoms with van der Waals surface area (Å²) >= 11 is 6.03. The zero-order valence-corrected chi connectivity index (χ0v) is 14.7. The molecule has 8 heteroatoms. The molecule has 0 aromatic carbocycles. The second-order valence-corrected chi connectivity index (χ2v) is 7.17. The molecule has 0 bridgehead atoms. The van der Waals surface area contributed by atoms with E-state index in [1.54, 1.807) is 18.6 Å². The number of fused-ring (bicyclic) bond motifs is 1. The Morgan fingerprint density at radius 2 is 1.88 bits per heavy atom. The Kier molecular flexibility index (Phi) is 4.48. The molecule has 5 nitrogen and oxygen atoms in total. The molecule has 4 rings (SSSR count). The van der Waals surface area contributed by atoms with Crippen LogP contribution in [-0.2, 0) is 6.42 Å². The topological polar surface area (TPSA) is 66.5 Å². The van der Waals surface area contributed by atoms with E-state index in [1.165, 1.54) is 0 Å². The summed E-state index contributed by atoms with van der Waals surface area (Å²) in [7, 11) is 0. The molecule has 3 aromatic rings. The second-order valence-electron chi connectivity index (χ2n) is 6.73. The van der Waals surface area contributed by atoms with Gasteiger partial charge in [0.1, 0.15) is 5.65 Å². The number of pyridine rings is 1. The molecular formula is C18H18ClF2N5. The lowest BCUT2D eigenvalue weighted by Crippen LogP contribution is -2.32. The lowest BCUT2D eigenvalue weighted by atomic mass is 9.92. The smallest absolute Gasteiger partial charge is 0.248 e. The molecule has 26 heavy (non-hydrogen) atoms. The number of hydrogen-bond acceptors (Lipinski definition) is 4. The lowest BCUT2D eigenvalue weighted by molar-refractivity contribution is -0.0361. The molecule has 1 fully saturated rings. The number of hydrogen-bond donors (Lipinski definition) is 2. The van der Waals surface area contributed by atoms with E-state index in [0.29, 0.717) is 30.2 Å². The first-order valence-corrected chi connectivity index (χ1v) is 8.93. The summed E-state index contributed by atoms with van der Waals surface area (Å²) in [5, 5.41) is 4.72. The largest absolute Gasteiger partial charge is 0.351 e. The highest BCUT2D eigenvalue weighted by molar-refractivity contribution is 6.31. The summed E-state index contributed by atoms with van der Waals surface area (Å²) in [6.07, 6.45) is 8.37. The maximum absolute atomic E-state index is 13.2. The third kappa shape index (κ3) is 3.77. The highest BCUT2D eigenvalue weighted by Crippen LogP contribution is 2.33. The van der Waals surface area contributed by atoms with Gasteiger partial charge in [-0.25, -0.2) is 23.7 Å². The molecule has 0 unspecified atom stereocenters. The van der Waals surface area contributed by atoms with E-state index in [1.807, 2.05) is 12.3 Å². The van der Waals surface area contributed by atoms with Crippen LogP contribution in [0.3, 0.4) is 0 Å². The van der Waals surface area contributed by atoms with Gasteiger partial charge in [0.05, 0.1) is 5.02 Å². The summed E-state index contributed by atoms with van der Waals surface area (Å²) in [4.78, 5) is 16.0. The van der Waals surface area contributed by atoms with Crippen molar-refractivity contribution in [3.8, 4) is 0 Å². The van der Waals surface area contributed by atoms with Crippen molar-refractivity contribution in [3.63, 3.8) is 0 Å². The Morgan fingerprint density at radius 1 is 1.15 bits per heavy atom. The average Bonchev–Trinajstić information content (AvgIpc) is 3.00. The van der Waals surface area contributed by atoms with Gasteiger partial charge in [-0.15, -0.1) is 0 Å². The molecule has 3 aromatic heterocycles. The van der Waals surface area contributed by atoms with Crippen LogP contribution in [0.1, 0.15) is 36.8 Å². The Balaban J connectivity index is 1.42. The number of anilines is 1. The number of alkyl halides is 2. The van der Waals surface area contributed by atoms with Crippen LogP contribution in [0, 0.1) is 0 Å². The van der Waals surface area contributed by atoms with Crippen molar-refractivity contribution < 1.29 is 8.78 Å². The van der Waals surface area contributed by atoms with Crippen LogP contribution in [0.5, 0.6) is 0 Å². The quantitative estimate of drug-likeness (QED) is 0.698. The van der Waals surface area contributed by atoms with Crippen molar-refractivity contribution in [1.82, 2.24) is 19.9 Å². The van der Waals surface area contributed by atoms with Crippen molar-refractivity contribution in [2.45, 2.75) is 44.1 Å². The minimum absolute atomic E-state index is 0.00214. The highest BCUT2D eigenvalue weighted by Gasteiger charge is 2.35. The molecule has 3 heterocycles. The van der Waals surface area contributed by atoms with E-state index in [9.17, 15) is 8.78 Å². The van der Waals surface area contributed by atoms with Gasteiger partial charge < -0.3 is 10.3 Å². The van der Waals surface area contributed by atoms with Gasteiger partial charge in [0, 0.05) is 55.5 Å². The number of aromatic amines is 1. The predicted octanol–water partition coefficient (Wildman–Crippen LogP) is 4.59. The van der Waals surface area contributed by atoms with Crippen molar-refractivity contribution in [2.75, 3.05) is 5.32 Å². The molecule has 1 aliphatic carbocycles. The average molecular weight is 378 g/mol. The lowest BCUT2D eigenvalue weighted by Gasteiger charge is -2.28. The van der Waals surface area contributed by atoms with Gasteiger partial charge in [-0.05, 0) is 30.0 Å². The van der Waals surface area contributed by atoms with Gasteiger partial charge in [0.15, 0.2) is 0 Å². The molecule has 0 atom stereocenters. The van der Waals surface area contributed by atoms with Gasteiger partial charge in [0.2, 0.25) is 11.9 Å². The number of H-pyrrole nitrogens is 1. The molecule has 0 saturated heterocycles. The van der Waals surface area contributed by atoms with Gasteiger partial charge in [-0.1, -0.05) is 11.6 Å². The van der Waals surface area contributed by atoms with Gasteiger partial charge in [-0.2, -0.15) is 0 Å². The normalized spacial score (nSPS) is 17.5. The standard InChI is InChI=1S/C18H18ClF2N5/c19-13-6-15-12(9-22-16(15)23-10-13)5-11-7-24-17(25-8-11)26-14-1-3-18(20,21)4-2-14/h6-10,14H,1-5H2,(H,22,23)(H,24,25,26). The van der Waals surface area contributed by atoms with Crippen LogP contribution in [0.2, 0.25) is 5.02 Å². The van der Waals surface area contributed by atoms with Crippen LogP contribution in [0.15, 0.2) is 30.9 Å². The van der Waals surface area contributed by atoms with Gasteiger partial charge in [-0.3, -0.25) is 0 Å². The van der Waals surface area contributed by atoms with E-state index in [-0.39, 0.29) is 18.9 Å². The number of nitrogens with one attached hydrogen (secondary N) is 2. The van der Waals surface area contributed by atoms with Gasteiger partial charge >= 0.3 is 0 Å². The summed E-state index contributed by atoms with van der Waals surface area (Å²) in [5.74, 6) is -2.05. The molecular weight excluding hydrogens is 360 g/mol. The van der Waals surface area contributed by atoms with Crippen molar-refractivity contribution in [2.24, 2.45) is 0 Å². The Labute approximate surface area is 154 Å². The van der Waals surface area contributed by atoms with E-state index < -0.39 is 5.92 Å². The SMILES string of the molecule is FC1(F)CCC(Nc2ncc(Cc3c[nH]c4ncc(Cl)cc34)cn2)CC1. The van der Waals surface area contributed by atoms with E-state index in [4.69, 9.17) is 11.6 Å². The van der Waals surface area contributed by atoms with E-state index >= 15 is 0 Å². The van der Waals surface area contributed by atoms with Crippen LogP contribution in [0.25, 0.3) is 11.0 Å². The molecule has 1 saturated carbocycles. The summed E-state index contributed by atoms with van der Waals surface area (Å²) in [6, 6.07) is 1.88. The first-order valence-electron chi connectivity index (χ1n) is 8.55. The van der Waals surface area contributed by atoms with Crippen molar-refractivity contribution in [1.29, 1.82) is 0 Å². The zero-order chi connectivity index (χ0) is 18.1. The Bertz CT molecular complexity index is 900. The third-order valence-corrected chi connectivity index (χ3v) is 4.94. The summed E-state index contributed by atoms with van der Waals surface area (Å²) < 4.78 is 26.4. The maximum atomic E-state index is 13.2. The molecule has 0 radical (unpaired) electrons. The molecule has 0 aliphatic heterocycles. The Hall–Kier alpha value is -2.28. The third-order valence-electron chi connectivity index (χ3n) is 4.73. The molecule has 0 amide bonds. The van der Waals surface area contributed by atoms with Crippen LogP contribution < -0.4 is 5.32 Å². The molecule has 0 spiro atoms. The van der Waals surface area contributed by atoms with Crippen LogP contribution in [-0.4, -0.2) is 31.9 Å². The highest BCUT2D eigenvalue weighted by atomic mass is 35.5. The van der Waals surface area contributed by atoms with Crippen LogP contribution in [0.4, 0.5) is 14.7 Å². The maximum Gasteiger partial charge on any atom is 0.248 e. The second kappa shape index (κ2) is 6.79. The van der Waals surface area contributed by atoms with Gasteiger partial charge in [0.25, 0.3) is 0 Å². The fourth-order valence-electron chi connectivity index (χ4n) is 3.29. The fourth-order valence-corrected chi connectivity index (χ4v) is 3.44. The monoisotopic (exact) mass is 377 g/mol. The van der Waals surface area contributed by atoms with E-state index in [2.05, 4.69) is 25.3 Å². The minimum atomic E-state index is -2.53. The summed E-state index contributed by atoms with van der Waals surface area (Å²) in [5.41, 5.74) is 2.80. The first-order chi connectivity index (χ1) is 12.5. The van der Waals surface area contributed by atoms with Crippen LogP contribution >= 0.6 is 11.6 Å². The molecule has 1 aliphatic rings. The number of halogens is 3. The number of nitrogens with zero attached hydrogens (tertiary/aromatic N) is 3. The number of aromatic nitrogens is 4. The molecule has 136 valence electrons. The first kappa shape index (κ1) is 17.1. The van der Waals surface area contributed by atoms with Crippen molar-refractivity contribution >= 4 is 28.6 Å². The molecule has 2 N–H and O–H groups in total. The predicted molar refractivity (Wildman–Crippen MR) is 96.8 cm³/mol. The summed E-state index contributed by atoms with van der Waals surface area (Å²) in [6.45, 7) is 0. The minimum Gasteiger partial charge on any atom is -0.351 e. The Morgan fingerprint density at radius 3 is 2.62 bits per heavy atom. The van der Waals surface area contributed by atoms with Crippen molar-refractivity contribution in [3.05, 3.63) is 47.0 Å². The fraction of sp³-hybridized carbons (Fsp3) is 0.389. The van der Waals surface area contributed by atoms with E-state index in [0.717, 1.165) is 22.2 Å². The zero-order valence-electron chi connectivity index (χ0n) is 14.0. The number of rotatable bonds is 4.